The normalized spacial score (nSPS) is 10.4. The fraction of sp³-hybridized carbons (Fsp3) is 0.579. The van der Waals surface area contributed by atoms with E-state index in [1.165, 1.54) is 0 Å². The minimum absolute atomic E-state index is 0.0550. The summed E-state index contributed by atoms with van der Waals surface area (Å²) in [5.74, 6) is 0.199. The van der Waals surface area contributed by atoms with Crippen LogP contribution in [0.2, 0.25) is 0 Å². The minimum atomic E-state index is -0.301. The predicted octanol–water partition coefficient (Wildman–Crippen LogP) is 2.58. The molecule has 0 heterocycles. The van der Waals surface area contributed by atoms with Crippen molar-refractivity contribution in [1.82, 2.24) is 4.90 Å². The molecule has 0 radical (unpaired) electrons. The van der Waals surface area contributed by atoms with Gasteiger partial charge in [-0.1, -0.05) is 17.7 Å². The lowest BCUT2D eigenvalue weighted by molar-refractivity contribution is -0.144. The molecular formula is C19H29NO5. The van der Waals surface area contributed by atoms with Crippen molar-refractivity contribution < 1.29 is 23.8 Å². The Morgan fingerprint density at radius 1 is 1.04 bits per heavy atom. The van der Waals surface area contributed by atoms with Gasteiger partial charge in [-0.15, -0.1) is 0 Å². The van der Waals surface area contributed by atoms with Crippen molar-refractivity contribution in [2.75, 3.05) is 39.5 Å². The van der Waals surface area contributed by atoms with E-state index in [1.54, 1.807) is 11.8 Å². The van der Waals surface area contributed by atoms with Crippen LogP contribution in [0.15, 0.2) is 24.3 Å². The highest BCUT2D eigenvalue weighted by atomic mass is 16.5. The Kier molecular flexibility index (Phi) is 10.3. The summed E-state index contributed by atoms with van der Waals surface area (Å²) in [6, 6.07) is 7.53. The standard InChI is InChI=1S/C19H29NO5/c1-4-23-14-6-12-20(13-11-19(22)24-5-2)18(21)15-25-17-9-7-16(3)8-10-17/h7-10H,4-6,11-15H2,1-3H3. The second-order valence-corrected chi connectivity index (χ2v) is 5.59. The number of hydrogen-bond acceptors (Lipinski definition) is 5. The largest absolute Gasteiger partial charge is 0.484 e. The molecule has 1 aromatic carbocycles. The average Bonchev–Trinajstić information content (AvgIpc) is 2.60. The quantitative estimate of drug-likeness (QED) is 0.428. The first kappa shape index (κ1) is 21.0. The zero-order valence-electron chi connectivity index (χ0n) is 15.5. The molecule has 0 aromatic heterocycles. The molecule has 0 N–H and O–H groups in total. The monoisotopic (exact) mass is 351 g/mol. The fourth-order valence-electron chi connectivity index (χ4n) is 2.19. The lowest BCUT2D eigenvalue weighted by atomic mass is 10.2. The Labute approximate surface area is 150 Å². The molecule has 1 aromatic rings. The second-order valence-electron chi connectivity index (χ2n) is 5.59. The number of aryl methyl sites for hydroxylation is 1. The second kappa shape index (κ2) is 12.3. The van der Waals surface area contributed by atoms with Crippen molar-refractivity contribution in [2.24, 2.45) is 0 Å². The van der Waals surface area contributed by atoms with Gasteiger partial charge in [0.25, 0.3) is 5.91 Å². The van der Waals surface area contributed by atoms with Crippen molar-refractivity contribution in [1.29, 1.82) is 0 Å². The number of amides is 1. The number of benzene rings is 1. The minimum Gasteiger partial charge on any atom is -0.484 e. The Hall–Kier alpha value is -2.08. The van der Waals surface area contributed by atoms with Crippen LogP contribution >= 0.6 is 0 Å². The van der Waals surface area contributed by atoms with E-state index in [0.29, 0.717) is 45.1 Å². The van der Waals surface area contributed by atoms with Gasteiger partial charge in [-0.3, -0.25) is 9.59 Å². The molecule has 0 fully saturated rings. The van der Waals surface area contributed by atoms with Crippen LogP contribution < -0.4 is 4.74 Å². The third-order valence-electron chi connectivity index (χ3n) is 3.55. The summed E-state index contributed by atoms with van der Waals surface area (Å²) < 4.78 is 15.8. The van der Waals surface area contributed by atoms with Crippen molar-refractivity contribution in [3.05, 3.63) is 29.8 Å². The van der Waals surface area contributed by atoms with Crippen LogP contribution in [0.5, 0.6) is 5.75 Å². The summed E-state index contributed by atoms with van der Waals surface area (Å²) in [6.45, 7) is 8.04. The van der Waals surface area contributed by atoms with E-state index in [0.717, 1.165) is 5.56 Å². The molecule has 0 bridgehead atoms. The molecule has 1 amide bonds. The van der Waals surface area contributed by atoms with Gasteiger partial charge in [-0.25, -0.2) is 0 Å². The molecule has 6 heteroatoms. The summed E-state index contributed by atoms with van der Waals surface area (Å²) in [5.41, 5.74) is 1.13. The van der Waals surface area contributed by atoms with Crippen molar-refractivity contribution in [3.63, 3.8) is 0 Å². The maximum Gasteiger partial charge on any atom is 0.307 e. The number of hydrogen-bond donors (Lipinski definition) is 0. The summed E-state index contributed by atoms with van der Waals surface area (Å²) in [5, 5.41) is 0. The number of ether oxygens (including phenoxy) is 3. The lowest BCUT2D eigenvalue weighted by Crippen LogP contribution is -2.37. The third kappa shape index (κ3) is 9.10. The summed E-state index contributed by atoms with van der Waals surface area (Å²) >= 11 is 0. The Balaban J connectivity index is 2.50. The van der Waals surface area contributed by atoms with Gasteiger partial charge in [-0.05, 0) is 39.3 Å². The van der Waals surface area contributed by atoms with Crippen LogP contribution in [0.25, 0.3) is 0 Å². The average molecular weight is 351 g/mol. The lowest BCUT2D eigenvalue weighted by Gasteiger charge is -2.22. The summed E-state index contributed by atoms with van der Waals surface area (Å²) in [4.78, 5) is 25.6. The fourth-order valence-corrected chi connectivity index (χ4v) is 2.19. The Morgan fingerprint density at radius 2 is 1.76 bits per heavy atom. The highest BCUT2D eigenvalue weighted by molar-refractivity contribution is 5.78. The van der Waals surface area contributed by atoms with Crippen LogP contribution in [0.1, 0.15) is 32.3 Å². The summed E-state index contributed by atoms with van der Waals surface area (Å²) in [7, 11) is 0. The smallest absolute Gasteiger partial charge is 0.307 e. The van der Waals surface area contributed by atoms with E-state index >= 15 is 0 Å². The van der Waals surface area contributed by atoms with Gasteiger partial charge >= 0.3 is 5.97 Å². The van der Waals surface area contributed by atoms with Crippen molar-refractivity contribution in [2.45, 2.75) is 33.6 Å². The zero-order chi connectivity index (χ0) is 18.5. The van der Waals surface area contributed by atoms with Gasteiger partial charge in [-0.2, -0.15) is 0 Å². The van der Waals surface area contributed by atoms with Crippen LogP contribution in [0.3, 0.4) is 0 Å². The first-order valence-electron chi connectivity index (χ1n) is 8.77. The van der Waals surface area contributed by atoms with Crippen LogP contribution in [0, 0.1) is 6.92 Å². The number of carbonyl (C=O) groups is 2. The van der Waals surface area contributed by atoms with E-state index in [-0.39, 0.29) is 24.9 Å². The van der Waals surface area contributed by atoms with E-state index in [4.69, 9.17) is 14.2 Å². The molecule has 6 nitrogen and oxygen atoms in total. The molecule has 140 valence electrons. The SMILES string of the molecule is CCOCCCN(CCC(=O)OCC)C(=O)COc1ccc(C)cc1. The molecule has 0 aliphatic heterocycles. The molecule has 1 rings (SSSR count). The number of carbonyl (C=O) groups excluding carboxylic acids is 2. The highest BCUT2D eigenvalue weighted by Gasteiger charge is 2.16. The molecule has 0 atom stereocenters. The Morgan fingerprint density at radius 3 is 2.40 bits per heavy atom. The molecule has 0 saturated carbocycles. The first-order valence-corrected chi connectivity index (χ1v) is 8.77. The molecule has 0 spiro atoms. The molecule has 0 aliphatic carbocycles. The molecule has 25 heavy (non-hydrogen) atoms. The molecular weight excluding hydrogens is 322 g/mol. The van der Waals surface area contributed by atoms with Crippen LogP contribution in [0.4, 0.5) is 0 Å². The molecule has 0 unspecified atom stereocenters. The predicted molar refractivity (Wildman–Crippen MR) is 95.6 cm³/mol. The molecule has 0 saturated heterocycles. The van der Waals surface area contributed by atoms with Crippen LogP contribution in [-0.4, -0.2) is 56.3 Å². The maximum absolute atomic E-state index is 12.4. The van der Waals surface area contributed by atoms with Gasteiger partial charge < -0.3 is 19.1 Å². The van der Waals surface area contributed by atoms with Crippen LogP contribution in [-0.2, 0) is 19.1 Å². The van der Waals surface area contributed by atoms with Crippen molar-refractivity contribution in [3.8, 4) is 5.75 Å². The van der Waals surface area contributed by atoms with Gasteiger partial charge in [0.1, 0.15) is 5.75 Å². The van der Waals surface area contributed by atoms with E-state index in [1.807, 2.05) is 38.1 Å². The highest BCUT2D eigenvalue weighted by Crippen LogP contribution is 2.11. The third-order valence-corrected chi connectivity index (χ3v) is 3.55. The van der Waals surface area contributed by atoms with Gasteiger partial charge in [0.2, 0.25) is 0 Å². The maximum atomic E-state index is 12.4. The van der Waals surface area contributed by atoms with E-state index in [2.05, 4.69) is 0 Å². The Bertz CT molecular complexity index is 515. The van der Waals surface area contributed by atoms with E-state index < -0.39 is 0 Å². The topological polar surface area (TPSA) is 65.1 Å². The van der Waals surface area contributed by atoms with Gasteiger partial charge in [0, 0.05) is 26.3 Å². The summed E-state index contributed by atoms with van der Waals surface area (Å²) in [6.07, 6.45) is 0.895. The first-order chi connectivity index (χ1) is 12.1. The van der Waals surface area contributed by atoms with Gasteiger partial charge in [0.15, 0.2) is 6.61 Å². The van der Waals surface area contributed by atoms with Crippen molar-refractivity contribution >= 4 is 11.9 Å². The van der Waals surface area contributed by atoms with Gasteiger partial charge in [0.05, 0.1) is 13.0 Å². The number of esters is 1. The number of nitrogens with zero attached hydrogens (tertiary/aromatic N) is 1. The van der Waals surface area contributed by atoms with E-state index in [9.17, 15) is 9.59 Å². The molecule has 0 aliphatic rings. The zero-order valence-corrected chi connectivity index (χ0v) is 15.5. The number of rotatable bonds is 12.